The van der Waals surface area contributed by atoms with Crippen LogP contribution < -0.4 is 5.32 Å². The van der Waals surface area contributed by atoms with Gasteiger partial charge in [0.25, 0.3) is 0 Å². The first-order valence-corrected chi connectivity index (χ1v) is 6.27. The van der Waals surface area contributed by atoms with Gasteiger partial charge in [0.1, 0.15) is 11.3 Å². The molecule has 3 rings (SSSR count). The molecular weight excluding hydrogens is 254 g/mol. The molecule has 0 saturated carbocycles. The van der Waals surface area contributed by atoms with E-state index >= 15 is 0 Å². The molecule has 0 aliphatic carbocycles. The zero-order valence-electron chi connectivity index (χ0n) is 10.7. The average Bonchev–Trinajstić information content (AvgIpc) is 2.88. The quantitative estimate of drug-likeness (QED) is 0.755. The maximum Gasteiger partial charge on any atom is 0.335 e. The minimum absolute atomic E-state index is 0.264. The van der Waals surface area contributed by atoms with Crippen molar-refractivity contribution in [3.05, 3.63) is 65.9 Å². The second-order valence-electron chi connectivity index (χ2n) is 4.49. The highest BCUT2D eigenvalue weighted by atomic mass is 16.4. The molecule has 2 aromatic carbocycles. The minimum Gasteiger partial charge on any atom is -0.478 e. The number of para-hydroxylation sites is 1. The highest BCUT2D eigenvalue weighted by molar-refractivity contribution is 5.88. The van der Waals surface area contributed by atoms with Gasteiger partial charge in [-0.05, 0) is 30.3 Å². The Morgan fingerprint density at radius 3 is 2.75 bits per heavy atom. The summed E-state index contributed by atoms with van der Waals surface area (Å²) in [6, 6.07) is 16.5. The highest BCUT2D eigenvalue weighted by Crippen LogP contribution is 2.20. The van der Waals surface area contributed by atoms with E-state index in [1.807, 2.05) is 36.4 Å². The first kappa shape index (κ1) is 12.3. The molecule has 0 spiro atoms. The average molecular weight is 267 g/mol. The van der Waals surface area contributed by atoms with Crippen molar-refractivity contribution in [2.45, 2.75) is 6.54 Å². The van der Waals surface area contributed by atoms with Crippen LogP contribution in [0.2, 0.25) is 0 Å². The van der Waals surface area contributed by atoms with E-state index in [2.05, 4.69) is 5.32 Å². The smallest absolute Gasteiger partial charge is 0.335 e. The van der Waals surface area contributed by atoms with Crippen LogP contribution in [-0.2, 0) is 6.54 Å². The fourth-order valence-electron chi connectivity index (χ4n) is 2.08. The molecule has 20 heavy (non-hydrogen) atoms. The van der Waals surface area contributed by atoms with E-state index in [1.54, 1.807) is 18.2 Å². The van der Waals surface area contributed by atoms with E-state index in [4.69, 9.17) is 9.52 Å². The third kappa shape index (κ3) is 2.49. The molecule has 4 heteroatoms. The Kier molecular flexibility index (Phi) is 3.13. The van der Waals surface area contributed by atoms with E-state index in [-0.39, 0.29) is 5.56 Å². The van der Waals surface area contributed by atoms with E-state index in [1.165, 1.54) is 0 Å². The number of benzene rings is 2. The van der Waals surface area contributed by atoms with Gasteiger partial charge >= 0.3 is 5.97 Å². The molecule has 0 bridgehead atoms. The second kappa shape index (κ2) is 5.09. The van der Waals surface area contributed by atoms with Crippen LogP contribution in [0.1, 0.15) is 16.1 Å². The Hall–Kier alpha value is -2.75. The summed E-state index contributed by atoms with van der Waals surface area (Å²) in [5.41, 5.74) is 1.87. The molecule has 3 aromatic rings. The monoisotopic (exact) mass is 267 g/mol. The van der Waals surface area contributed by atoms with Crippen molar-refractivity contribution in [1.29, 1.82) is 0 Å². The molecule has 1 heterocycles. The highest BCUT2D eigenvalue weighted by Gasteiger charge is 2.05. The standard InChI is InChI=1S/C16H13NO3/c18-16(19)12-5-3-6-13(8-12)17-10-14-9-11-4-1-2-7-15(11)20-14/h1-9,17H,10H2,(H,18,19). The van der Waals surface area contributed by atoms with Crippen molar-refractivity contribution in [2.75, 3.05) is 5.32 Å². The first-order valence-electron chi connectivity index (χ1n) is 6.27. The summed E-state index contributed by atoms with van der Waals surface area (Å²) in [6.45, 7) is 0.512. The van der Waals surface area contributed by atoms with E-state index in [9.17, 15) is 4.79 Å². The molecule has 0 saturated heterocycles. The van der Waals surface area contributed by atoms with Crippen molar-refractivity contribution < 1.29 is 14.3 Å². The van der Waals surface area contributed by atoms with Crippen LogP contribution in [0.5, 0.6) is 0 Å². The number of hydrogen-bond acceptors (Lipinski definition) is 3. The summed E-state index contributed by atoms with van der Waals surface area (Å²) in [5.74, 6) is -0.121. The molecule has 0 radical (unpaired) electrons. The second-order valence-corrected chi connectivity index (χ2v) is 4.49. The van der Waals surface area contributed by atoms with E-state index in [0.29, 0.717) is 6.54 Å². The van der Waals surface area contributed by atoms with Crippen LogP contribution in [0.4, 0.5) is 5.69 Å². The molecule has 0 aliphatic rings. The molecule has 0 amide bonds. The van der Waals surface area contributed by atoms with Gasteiger partial charge in [0, 0.05) is 11.1 Å². The zero-order chi connectivity index (χ0) is 13.9. The Morgan fingerprint density at radius 2 is 1.95 bits per heavy atom. The predicted molar refractivity (Wildman–Crippen MR) is 76.9 cm³/mol. The van der Waals surface area contributed by atoms with E-state index in [0.717, 1.165) is 22.4 Å². The molecule has 100 valence electrons. The van der Waals surface area contributed by atoms with Gasteiger partial charge in [-0.15, -0.1) is 0 Å². The van der Waals surface area contributed by atoms with Crippen molar-refractivity contribution in [3.8, 4) is 0 Å². The van der Waals surface area contributed by atoms with E-state index < -0.39 is 5.97 Å². The maximum atomic E-state index is 10.9. The van der Waals surface area contributed by atoms with Crippen LogP contribution in [0, 0.1) is 0 Å². The van der Waals surface area contributed by atoms with Crippen LogP contribution in [0.15, 0.2) is 59.0 Å². The molecule has 4 nitrogen and oxygen atoms in total. The number of furan rings is 1. The third-order valence-corrected chi connectivity index (χ3v) is 3.05. The minimum atomic E-state index is -0.933. The molecule has 0 atom stereocenters. The van der Waals surface area contributed by atoms with Crippen LogP contribution in [0.25, 0.3) is 11.0 Å². The number of rotatable bonds is 4. The summed E-state index contributed by atoms with van der Waals surface area (Å²) < 4.78 is 5.69. The number of nitrogens with one attached hydrogen (secondary N) is 1. The van der Waals surface area contributed by atoms with Crippen molar-refractivity contribution in [2.24, 2.45) is 0 Å². The molecule has 0 unspecified atom stereocenters. The Morgan fingerprint density at radius 1 is 1.10 bits per heavy atom. The number of aromatic carboxylic acids is 1. The number of carboxylic acids is 1. The Balaban J connectivity index is 1.75. The van der Waals surface area contributed by atoms with Gasteiger partial charge < -0.3 is 14.8 Å². The zero-order valence-corrected chi connectivity index (χ0v) is 10.7. The summed E-state index contributed by atoms with van der Waals surface area (Å²) >= 11 is 0. The van der Waals surface area contributed by atoms with Crippen LogP contribution in [0.3, 0.4) is 0 Å². The molecule has 2 N–H and O–H groups in total. The SMILES string of the molecule is O=C(O)c1cccc(NCc2cc3ccccc3o2)c1. The van der Waals surface area contributed by atoms with Crippen molar-refractivity contribution in [1.82, 2.24) is 0 Å². The summed E-state index contributed by atoms with van der Waals surface area (Å²) in [5, 5.41) is 13.2. The number of fused-ring (bicyclic) bond motifs is 1. The van der Waals surface area contributed by atoms with Gasteiger partial charge in [-0.25, -0.2) is 4.79 Å². The lowest BCUT2D eigenvalue weighted by Gasteiger charge is -2.04. The molecule has 1 aromatic heterocycles. The van der Waals surface area contributed by atoms with Gasteiger partial charge in [-0.1, -0.05) is 24.3 Å². The van der Waals surface area contributed by atoms with Crippen molar-refractivity contribution >= 4 is 22.6 Å². The maximum absolute atomic E-state index is 10.9. The predicted octanol–water partition coefficient (Wildman–Crippen LogP) is 3.74. The van der Waals surface area contributed by atoms with Gasteiger partial charge in [0.2, 0.25) is 0 Å². The largest absolute Gasteiger partial charge is 0.478 e. The fraction of sp³-hybridized carbons (Fsp3) is 0.0625. The summed E-state index contributed by atoms with van der Waals surface area (Å²) in [4.78, 5) is 10.9. The Bertz CT molecular complexity index is 728. The number of carbonyl (C=O) groups is 1. The lowest BCUT2D eigenvalue weighted by atomic mass is 10.2. The lowest BCUT2D eigenvalue weighted by Crippen LogP contribution is -2.01. The molecule has 0 aliphatic heterocycles. The van der Waals surface area contributed by atoms with Gasteiger partial charge in [-0.3, -0.25) is 0 Å². The van der Waals surface area contributed by atoms with Gasteiger partial charge in [-0.2, -0.15) is 0 Å². The fourth-order valence-corrected chi connectivity index (χ4v) is 2.08. The molecule has 0 fully saturated rings. The normalized spacial score (nSPS) is 10.6. The van der Waals surface area contributed by atoms with Crippen LogP contribution >= 0.6 is 0 Å². The van der Waals surface area contributed by atoms with Crippen molar-refractivity contribution in [3.63, 3.8) is 0 Å². The summed E-state index contributed by atoms with van der Waals surface area (Å²) in [6.07, 6.45) is 0. The number of anilines is 1. The topological polar surface area (TPSA) is 62.5 Å². The van der Waals surface area contributed by atoms with Gasteiger partial charge in [0.15, 0.2) is 0 Å². The first-order chi connectivity index (χ1) is 9.72. The Labute approximate surface area is 115 Å². The van der Waals surface area contributed by atoms with Gasteiger partial charge in [0.05, 0.1) is 12.1 Å². The third-order valence-electron chi connectivity index (χ3n) is 3.05. The lowest BCUT2D eigenvalue weighted by molar-refractivity contribution is 0.0697. The molecular formula is C16H13NO3. The van der Waals surface area contributed by atoms with Crippen LogP contribution in [-0.4, -0.2) is 11.1 Å². The number of hydrogen-bond donors (Lipinski definition) is 2. The summed E-state index contributed by atoms with van der Waals surface area (Å²) in [7, 11) is 0. The number of carboxylic acid groups (broad SMARTS) is 1.